The Kier molecular flexibility index (Phi) is 4.96. The molecule has 2 aromatic carbocycles. The maximum absolute atomic E-state index is 5.52. The van der Waals surface area contributed by atoms with Crippen molar-refractivity contribution in [3.8, 4) is 5.88 Å². The van der Waals surface area contributed by atoms with E-state index in [0.717, 1.165) is 16.8 Å². The van der Waals surface area contributed by atoms with Gasteiger partial charge in [-0.15, -0.1) is 10.2 Å². The second-order valence-electron chi connectivity index (χ2n) is 5.59. The molecule has 0 saturated heterocycles. The van der Waals surface area contributed by atoms with Gasteiger partial charge in [0.2, 0.25) is 5.88 Å². The van der Waals surface area contributed by atoms with Crippen LogP contribution >= 0.6 is 0 Å². The Morgan fingerprint density at radius 3 is 1.83 bits per heavy atom. The van der Waals surface area contributed by atoms with Crippen LogP contribution in [0.2, 0.25) is 0 Å². The Bertz CT molecular complexity index is 756. The van der Waals surface area contributed by atoms with Crippen molar-refractivity contribution in [1.29, 1.82) is 0 Å². The SMILES string of the molecule is CC(C)Oc1ccc(N=C(c2ccccc2)c2ccccc2)nn1. The summed E-state index contributed by atoms with van der Waals surface area (Å²) < 4.78 is 5.52. The van der Waals surface area contributed by atoms with E-state index in [1.54, 1.807) is 6.07 Å². The Morgan fingerprint density at radius 2 is 1.38 bits per heavy atom. The first-order valence-corrected chi connectivity index (χ1v) is 7.92. The van der Waals surface area contributed by atoms with Crippen LogP contribution < -0.4 is 4.74 Å². The molecule has 0 amide bonds. The van der Waals surface area contributed by atoms with Gasteiger partial charge in [0.25, 0.3) is 0 Å². The van der Waals surface area contributed by atoms with Crippen molar-refractivity contribution in [3.05, 3.63) is 83.9 Å². The summed E-state index contributed by atoms with van der Waals surface area (Å²) in [6.45, 7) is 3.91. The van der Waals surface area contributed by atoms with Crippen LogP contribution in [0, 0.1) is 0 Å². The first-order chi connectivity index (χ1) is 11.7. The predicted octanol–water partition coefficient (Wildman–Crippen LogP) is 4.43. The summed E-state index contributed by atoms with van der Waals surface area (Å²) in [4.78, 5) is 4.71. The minimum absolute atomic E-state index is 0.0675. The Hall–Kier alpha value is -3.01. The van der Waals surface area contributed by atoms with E-state index in [9.17, 15) is 0 Å². The lowest BCUT2D eigenvalue weighted by Crippen LogP contribution is -2.07. The highest BCUT2D eigenvalue weighted by atomic mass is 16.5. The number of benzene rings is 2. The van der Waals surface area contributed by atoms with Gasteiger partial charge in [0.15, 0.2) is 5.82 Å². The maximum Gasteiger partial charge on any atom is 0.233 e. The number of rotatable bonds is 5. The predicted molar refractivity (Wildman–Crippen MR) is 96.0 cm³/mol. The molecule has 0 N–H and O–H groups in total. The number of hydrogen-bond acceptors (Lipinski definition) is 4. The minimum Gasteiger partial charge on any atom is -0.474 e. The topological polar surface area (TPSA) is 47.4 Å². The van der Waals surface area contributed by atoms with E-state index in [1.807, 2.05) is 80.6 Å². The normalized spacial score (nSPS) is 10.5. The molecule has 24 heavy (non-hydrogen) atoms. The van der Waals surface area contributed by atoms with Crippen molar-refractivity contribution < 1.29 is 4.74 Å². The van der Waals surface area contributed by atoms with Gasteiger partial charge in [-0.2, -0.15) is 0 Å². The van der Waals surface area contributed by atoms with Crippen LogP contribution in [0.1, 0.15) is 25.0 Å². The molecule has 0 fully saturated rings. The summed E-state index contributed by atoms with van der Waals surface area (Å²) in [5, 5.41) is 8.24. The summed E-state index contributed by atoms with van der Waals surface area (Å²) in [5.74, 6) is 1.05. The van der Waals surface area contributed by atoms with E-state index in [1.165, 1.54) is 0 Å². The van der Waals surface area contributed by atoms with E-state index in [4.69, 9.17) is 9.73 Å². The summed E-state index contributed by atoms with van der Waals surface area (Å²) in [5.41, 5.74) is 2.93. The van der Waals surface area contributed by atoms with E-state index >= 15 is 0 Å². The Labute approximate surface area is 141 Å². The van der Waals surface area contributed by atoms with Gasteiger partial charge in [-0.05, 0) is 19.9 Å². The molecule has 4 heteroatoms. The molecule has 0 bridgehead atoms. The molecule has 0 saturated carbocycles. The van der Waals surface area contributed by atoms with E-state index in [-0.39, 0.29) is 6.10 Å². The number of hydrogen-bond donors (Lipinski definition) is 0. The molecule has 0 atom stereocenters. The summed E-state index contributed by atoms with van der Waals surface area (Å²) >= 11 is 0. The third kappa shape index (κ3) is 4.04. The zero-order valence-corrected chi connectivity index (χ0v) is 13.8. The molecular weight excluding hydrogens is 298 g/mol. The zero-order valence-electron chi connectivity index (χ0n) is 13.8. The van der Waals surface area contributed by atoms with Gasteiger partial charge in [0.1, 0.15) is 0 Å². The number of aliphatic imine (C=N–C) groups is 1. The van der Waals surface area contributed by atoms with Gasteiger partial charge in [-0.1, -0.05) is 60.7 Å². The quantitative estimate of drug-likeness (QED) is 0.654. The molecule has 3 aromatic rings. The molecule has 0 radical (unpaired) electrons. The van der Waals surface area contributed by atoms with E-state index in [0.29, 0.717) is 11.7 Å². The van der Waals surface area contributed by atoms with Gasteiger partial charge < -0.3 is 4.74 Å². The van der Waals surface area contributed by atoms with Gasteiger partial charge in [0, 0.05) is 17.2 Å². The lowest BCUT2D eigenvalue weighted by atomic mass is 10.0. The van der Waals surface area contributed by atoms with Crippen LogP contribution in [0.25, 0.3) is 0 Å². The fourth-order valence-corrected chi connectivity index (χ4v) is 2.28. The van der Waals surface area contributed by atoms with Crippen molar-refractivity contribution in [3.63, 3.8) is 0 Å². The molecule has 0 aliphatic rings. The molecule has 120 valence electrons. The first kappa shape index (κ1) is 15.9. The molecule has 0 unspecified atom stereocenters. The average Bonchev–Trinajstić information content (AvgIpc) is 2.62. The molecule has 0 spiro atoms. The molecule has 3 rings (SSSR count). The standard InChI is InChI=1S/C20H19N3O/c1-15(2)24-19-14-13-18(22-23-19)21-20(16-9-5-3-6-10-16)17-11-7-4-8-12-17/h3-15H,1-2H3. The molecule has 4 nitrogen and oxygen atoms in total. The third-order valence-electron chi connectivity index (χ3n) is 3.30. The van der Waals surface area contributed by atoms with Crippen LogP contribution in [-0.2, 0) is 0 Å². The molecule has 0 aliphatic heterocycles. The zero-order chi connectivity index (χ0) is 16.8. The Morgan fingerprint density at radius 1 is 0.792 bits per heavy atom. The third-order valence-corrected chi connectivity index (χ3v) is 3.30. The fraction of sp³-hybridized carbons (Fsp3) is 0.150. The highest BCUT2D eigenvalue weighted by molar-refractivity contribution is 6.13. The number of nitrogens with zero attached hydrogens (tertiary/aromatic N) is 3. The van der Waals surface area contributed by atoms with Gasteiger partial charge in [0.05, 0.1) is 11.8 Å². The van der Waals surface area contributed by atoms with Crippen LogP contribution in [0.3, 0.4) is 0 Å². The van der Waals surface area contributed by atoms with Crippen LogP contribution in [0.5, 0.6) is 5.88 Å². The van der Waals surface area contributed by atoms with Crippen molar-refractivity contribution in [2.75, 3.05) is 0 Å². The lowest BCUT2D eigenvalue weighted by molar-refractivity contribution is 0.230. The monoisotopic (exact) mass is 317 g/mol. The van der Waals surface area contributed by atoms with Gasteiger partial charge in [-0.3, -0.25) is 0 Å². The van der Waals surface area contributed by atoms with Crippen LogP contribution in [-0.4, -0.2) is 22.0 Å². The van der Waals surface area contributed by atoms with Crippen molar-refractivity contribution in [2.24, 2.45) is 4.99 Å². The highest BCUT2D eigenvalue weighted by Crippen LogP contribution is 2.17. The van der Waals surface area contributed by atoms with Crippen LogP contribution in [0.15, 0.2) is 77.8 Å². The lowest BCUT2D eigenvalue weighted by Gasteiger charge is -2.08. The van der Waals surface area contributed by atoms with E-state index < -0.39 is 0 Å². The molecule has 1 heterocycles. The summed E-state index contributed by atoms with van der Waals surface area (Å²) in [7, 11) is 0. The maximum atomic E-state index is 5.52. The number of aromatic nitrogens is 2. The van der Waals surface area contributed by atoms with E-state index in [2.05, 4.69) is 10.2 Å². The van der Waals surface area contributed by atoms with Crippen molar-refractivity contribution in [1.82, 2.24) is 10.2 Å². The molecular formula is C20H19N3O. The fourth-order valence-electron chi connectivity index (χ4n) is 2.28. The molecule has 1 aromatic heterocycles. The summed E-state index contributed by atoms with van der Waals surface area (Å²) in [6.07, 6.45) is 0.0675. The summed E-state index contributed by atoms with van der Waals surface area (Å²) in [6, 6.07) is 23.7. The average molecular weight is 317 g/mol. The Balaban J connectivity index is 1.98. The molecule has 0 aliphatic carbocycles. The second-order valence-corrected chi connectivity index (χ2v) is 5.59. The smallest absolute Gasteiger partial charge is 0.233 e. The highest BCUT2D eigenvalue weighted by Gasteiger charge is 2.08. The van der Waals surface area contributed by atoms with Crippen molar-refractivity contribution >= 4 is 11.5 Å². The largest absolute Gasteiger partial charge is 0.474 e. The second kappa shape index (κ2) is 7.51. The number of ether oxygens (including phenoxy) is 1. The van der Waals surface area contributed by atoms with Crippen molar-refractivity contribution in [2.45, 2.75) is 20.0 Å². The van der Waals surface area contributed by atoms with Crippen LogP contribution in [0.4, 0.5) is 5.82 Å². The first-order valence-electron chi connectivity index (χ1n) is 7.92. The minimum atomic E-state index is 0.0675. The van der Waals surface area contributed by atoms with Gasteiger partial charge >= 0.3 is 0 Å². The van der Waals surface area contributed by atoms with Gasteiger partial charge in [-0.25, -0.2) is 4.99 Å².